The standard InChI is InChI=1S/C16H21NOS/c1-3-16(18)14-8-4-5-9-15(14)17(2)11-10-13-7-6-12-19-13/h4-9,12,16,18H,3,10-11H2,1-2H3/t16-/m1/s1. The van der Waals surface area contributed by atoms with Gasteiger partial charge in [-0.3, -0.25) is 0 Å². The second-order valence-corrected chi connectivity index (χ2v) is 5.77. The Labute approximate surface area is 119 Å². The first-order valence-electron chi connectivity index (χ1n) is 6.73. The van der Waals surface area contributed by atoms with Crippen molar-refractivity contribution in [2.75, 3.05) is 18.5 Å². The predicted molar refractivity (Wildman–Crippen MR) is 83.0 cm³/mol. The Balaban J connectivity index is 2.07. The van der Waals surface area contributed by atoms with Crippen molar-refractivity contribution >= 4 is 17.0 Å². The third-order valence-corrected chi connectivity index (χ3v) is 4.30. The third kappa shape index (κ3) is 3.58. The highest BCUT2D eigenvalue weighted by molar-refractivity contribution is 7.09. The van der Waals surface area contributed by atoms with E-state index in [1.807, 2.05) is 25.1 Å². The van der Waals surface area contributed by atoms with Gasteiger partial charge in [-0.25, -0.2) is 0 Å². The molecule has 0 spiro atoms. The minimum Gasteiger partial charge on any atom is -0.388 e. The highest BCUT2D eigenvalue weighted by Crippen LogP contribution is 2.27. The molecule has 2 rings (SSSR count). The molecule has 0 unspecified atom stereocenters. The summed E-state index contributed by atoms with van der Waals surface area (Å²) in [6.45, 7) is 2.97. The van der Waals surface area contributed by atoms with Gasteiger partial charge >= 0.3 is 0 Å². The third-order valence-electron chi connectivity index (χ3n) is 3.37. The van der Waals surface area contributed by atoms with Gasteiger partial charge in [0.05, 0.1) is 6.10 Å². The smallest absolute Gasteiger partial charge is 0.0807 e. The van der Waals surface area contributed by atoms with Gasteiger partial charge in [-0.1, -0.05) is 31.2 Å². The maximum Gasteiger partial charge on any atom is 0.0807 e. The summed E-state index contributed by atoms with van der Waals surface area (Å²) >= 11 is 1.80. The number of nitrogens with zero attached hydrogens (tertiary/aromatic N) is 1. The molecule has 2 nitrogen and oxygen atoms in total. The molecule has 0 saturated heterocycles. The number of likely N-dealkylation sites (N-methyl/N-ethyl adjacent to an activating group) is 1. The van der Waals surface area contributed by atoms with Gasteiger partial charge in [-0.2, -0.15) is 0 Å². The maximum atomic E-state index is 10.1. The summed E-state index contributed by atoms with van der Waals surface area (Å²) in [5.41, 5.74) is 2.16. The molecule has 1 aromatic carbocycles. The molecule has 0 aliphatic rings. The van der Waals surface area contributed by atoms with Gasteiger partial charge in [0.25, 0.3) is 0 Å². The van der Waals surface area contributed by atoms with E-state index in [1.165, 1.54) is 4.88 Å². The zero-order chi connectivity index (χ0) is 13.7. The van der Waals surface area contributed by atoms with Crippen molar-refractivity contribution in [3.63, 3.8) is 0 Å². The molecule has 1 atom stereocenters. The normalized spacial score (nSPS) is 12.4. The van der Waals surface area contributed by atoms with Gasteiger partial charge < -0.3 is 10.0 Å². The number of para-hydroxylation sites is 1. The van der Waals surface area contributed by atoms with E-state index in [0.717, 1.165) is 30.6 Å². The monoisotopic (exact) mass is 275 g/mol. The number of rotatable bonds is 6. The van der Waals surface area contributed by atoms with E-state index in [-0.39, 0.29) is 6.10 Å². The summed E-state index contributed by atoms with van der Waals surface area (Å²) in [4.78, 5) is 3.63. The minimum atomic E-state index is -0.375. The lowest BCUT2D eigenvalue weighted by Crippen LogP contribution is -2.22. The SMILES string of the molecule is CC[C@@H](O)c1ccccc1N(C)CCc1cccs1. The molecule has 0 radical (unpaired) electrons. The van der Waals surface area contributed by atoms with Gasteiger partial charge in [0.15, 0.2) is 0 Å². The Bertz CT molecular complexity index is 495. The van der Waals surface area contributed by atoms with Crippen LogP contribution in [0.3, 0.4) is 0 Å². The summed E-state index contributed by atoms with van der Waals surface area (Å²) in [7, 11) is 2.09. The molecule has 102 valence electrons. The van der Waals surface area contributed by atoms with Crippen molar-refractivity contribution in [2.45, 2.75) is 25.9 Å². The maximum absolute atomic E-state index is 10.1. The van der Waals surface area contributed by atoms with Crippen LogP contribution in [0.4, 0.5) is 5.69 Å². The predicted octanol–water partition coefficient (Wildman–Crippen LogP) is 3.87. The van der Waals surface area contributed by atoms with Crippen molar-refractivity contribution in [2.24, 2.45) is 0 Å². The average Bonchev–Trinajstić information content (AvgIpc) is 2.97. The lowest BCUT2D eigenvalue weighted by molar-refractivity contribution is 0.174. The topological polar surface area (TPSA) is 23.5 Å². The Morgan fingerprint density at radius 1 is 1.21 bits per heavy atom. The Hall–Kier alpha value is -1.32. The number of aliphatic hydroxyl groups excluding tert-OH is 1. The highest BCUT2D eigenvalue weighted by atomic mass is 32.1. The van der Waals surface area contributed by atoms with Crippen LogP contribution >= 0.6 is 11.3 Å². The molecule has 2 aromatic rings. The Kier molecular flexibility index (Phi) is 5.00. The fraction of sp³-hybridized carbons (Fsp3) is 0.375. The zero-order valence-electron chi connectivity index (χ0n) is 11.5. The van der Waals surface area contributed by atoms with Crippen LogP contribution in [0, 0.1) is 0 Å². The first kappa shape index (κ1) is 14.1. The molecule has 1 aromatic heterocycles. The van der Waals surface area contributed by atoms with E-state index in [0.29, 0.717) is 0 Å². The van der Waals surface area contributed by atoms with Gasteiger partial charge in [-0.05, 0) is 30.4 Å². The average molecular weight is 275 g/mol. The first-order chi connectivity index (χ1) is 9.22. The van der Waals surface area contributed by atoms with E-state index in [4.69, 9.17) is 0 Å². The first-order valence-corrected chi connectivity index (χ1v) is 7.61. The lowest BCUT2D eigenvalue weighted by Gasteiger charge is -2.24. The van der Waals surface area contributed by atoms with Gasteiger partial charge in [-0.15, -0.1) is 11.3 Å². The molecule has 0 aliphatic heterocycles. The molecule has 0 saturated carbocycles. The number of aliphatic hydroxyl groups is 1. The quantitative estimate of drug-likeness (QED) is 0.865. The Morgan fingerprint density at radius 3 is 2.68 bits per heavy atom. The second-order valence-electron chi connectivity index (χ2n) is 4.73. The van der Waals surface area contributed by atoms with Crippen molar-refractivity contribution in [3.8, 4) is 0 Å². The van der Waals surface area contributed by atoms with Crippen molar-refractivity contribution in [1.29, 1.82) is 0 Å². The molecule has 1 N–H and O–H groups in total. The summed E-state index contributed by atoms with van der Waals surface area (Å²) in [6.07, 6.45) is 1.42. The van der Waals surface area contributed by atoms with Crippen LogP contribution in [0.5, 0.6) is 0 Å². The van der Waals surface area contributed by atoms with Crippen LogP contribution in [0.2, 0.25) is 0 Å². The number of hydrogen-bond donors (Lipinski definition) is 1. The molecule has 1 heterocycles. The molecular formula is C16H21NOS. The summed E-state index contributed by atoms with van der Waals surface area (Å²) in [6, 6.07) is 12.4. The molecule has 0 bridgehead atoms. The lowest BCUT2D eigenvalue weighted by atomic mass is 10.0. The van der Waals surface area contributed by atoms with Gasteiger partial charge in [0.1, 0.15) is 0 Å². The number of hydrogen-bond acceptors (Lipinski definition) is 3. The van der Waals surface area contributed by atoms with Crippen LogP contribution in [0.15, 0.2) is 41.8 Å². The molecule has 0 amide bonds. The van der Waals surface area contributed by atoms with Crippen LogP contribution in [-0.2, 0) is 6.42 Å². The van der Waals surface area contributed by atoms with Gasteiger partial charge in [0, 0.05) is 29.7 Å². The molecule has 0 aliphatic carbocycles. The molecule has 3 heteroatoms. The highest BCUT2D eigenvalue weighted by Gasteiger charge is 2.12. The molecule has 19 heavy (non-hydrogen) atoms. The van der Waals surface area contributed by atoms with Crippen LogP contribution < -0.4 is 4.90 Å². The van der Waals surface area contributed by atoms with E-state index >= 15 is 0 Å². The van der Waals surface area contributed by atoms with Crippen LogP contribution in [-0.4, -0.2) is 18.7 Å². The van der Waals surface area contributed by atoms with Crippen molar-refractivity contribution in [3.05, 3.63) is 52.2 Å². The largest absolute Gasteiger partial charge is 0.388 e. The van der Waals surface area contributed by atoms with E-state index in [1.54, 1.807) is 11.3 Å². The Morgan fingerprint density at radius 2 is 2.00 bits per heavy atom. The molecular weight excluding hydrogens is 254 g/mol. The fourth-order valence-electron chi connectivity index (χ4n) is 2.19. The zero-order valence-corrected chi connectivity index (χ0v) is 12.4. The summed E-state index contributed by atoms with van der Waals surface area (Å²) in [5.74, 6) is 0. The van der Waals surface area contributed by atoms with Gasteiger partial charge in [0.2, 0.25) is 0 Å². The minimum absolute atomic E-state index is 0.375. The van der Waals surface area contributed by atoms with E-state index < -0.39 is 0 Å². The second kappa shape index (κ2) is 6.73. The van der Waals surface area contributed by atoms with Crippen LogP contribution in [0.25, 0.3) is 0 Å². The number of anilines is 1. The fourth-order valence-corrected chi connectivity index (χ4v) is 2.89. The van der Waals surface area contributed by atoms with Crippen molar-refractivity contribution < 1.29 is 5.11 Å². The van der Waals surface area contributed by atoms with Crippen molar-refractivity contribution in [1.82, 2.24) is 0 Å². The van der Waals surface area contributed by atoms with Crippen LogP contribution in [0.1, 0.15) is 29.9 Å². The summed E-state index contributed by atoms with van der Waals surface area (Å²) in [5, 5.41) is 12.2. The number of benzene rings is 1. The van der Waals surface area contributed by atoms with E-state index in [2.05, 4.69) is 35.5 Å². The number of thiophene rings is 1. The molecule has 0 fully saturated rings. The van der Waals surface area contributed by atoms with E-state index in [9.17, 15) is 5.11 Å². The summed E-state index contributed by atoms with van der Waals surface area (Å²) < 4.78 is 0.